The Morgan fingerprint density at radius 3 is 1.48 bits per heavy atom. The molecule has 0 N–H and O–H groups in total. The van der Waals surface area contributed by atoms with Crippen molar-refractivity contribution in [2.75, 3.05) is 19.8 Å². The molecule has 0 heterocycles. The van der Waals surface area contributed by atoms with Gasteiger partial charge in [0.1, 0.15) is 0 Å². The predicted molar refractivity (Wildman–Crippen MR) is 125 cm³/mol. The molecule has 0 rings (SSSR count). The topological polar surface area (TPSA) is 35.5 Å². The number of ether oxygens (including phenoxy) is 2. The van der Waals surface area contributed by atoms with Gasteiger partial charge in [0.15, 0.2) is 0 Å². The molecule has 0 amide bonds. The lowest BCUT2D eigenvalue weighted by Crippen LogP contribution is -2.13. The van der Waals surface area contributed by atoms with Gasteiger partial charge in [-0.25, -0.2) is 4.79 Å². The van der Waals surface area contributed by atoms with E-state index in [1.807, 2.05) is 6.92 Å². The van der Waals surface area contributed by atoms with Gasteiger partial charge in [-0.05, 0) is 13.3 Å². The minimum Gasteiger partial charge on any atom is -0.462 e. The summed E-state index contributed by atoms with van der Waals surface area (Å²) in [6.45, 7) is 12.8. The molecule has 0 aromatic rings. The highest BCUT2D eigenvalue weighted by atomic mass is 16.5. The first-order valence-corrected chi connectivity index (χ1v) is 12.1. The average Bonchev–Trinajstić information content (AvgIpc) is 2.69. The number of carbonyl (C=O) groups excluding carboxylic acids is 1. The average molecular weight is 409 g/mol. The van der Waals surface area contributed by atoms with Crippen molar-refractivity contribution >= 4 is 5.97 Å². The van der Waals surface area contributed by atoms with Crippen LogP contribution in [0.25, 0.3) is 0 Å². The summed E-state index contributed by atoms with van der Waals surface area (Å²) in [7, 11) is 0. The van der Waals surface area contributed by atoms with E-state index in [4.69, 9.17) is 9.47 Å². The Bertz CT molecular complexity index is 414. The first-order valence-electron chi connectivity index (χ1n) is 12.1. The van der Waals surface area contributed by atoms with Crippen molar-refractivity contribution < 1.29 is 14.3 Å². The number of carbonyl (C=O) groups is 1. The van der Waals surface area contributed by atoms with Crippen molar-refractivity contribution in [1.29, 1.82) is 0 Å². The first-order chi connectivity index (χ1) is 14.1. The second-order valence-corrected chi connectivity index (χ2v) is 8.49. The second-order valence-electron chi connectivity index (χ2n) is 8.49. The van der Waals surface area contributed by atoms with Gasteiger partial charge < -0.3 is 9.47 Å². The Labute approximate surface area is 181 Å². The van der Waals surface area contributed by atoms with Gasteiger partial charge in [0.2, 0.25) is 0 Å². The van der Waals surface area contributed by atoms with E-state index in [1.54, 1.807) is 0 Å². The maximum absolute atomic E-state index is 11.8. The lowest BCUT2D eigenvalue weighted by atomic mass is 10.0. The Morgan fingerprint density at radius 1 is 0.655 bits per heavy atom. The number of rotatable bonds is 22. The molecular weight excluding hydrogens is 360 g/mol. The SMILES string of the molecule is C=C(C)COCC(=C)C(=O)OCCCCCCCCCCCCCCCCCC. The van der Waals surface area contributed by atoms with Crippen LogP contribution in [0.15, 0.2) is 24.3 Å². The van der Waals surface area contributed by atoms with Gasteiger partial charge in [-0.1, -0.05) is 122 Å². The fraction of sp³-hybridized carbons (Fsp3) is 0.808. The van der Waals surface area contributed by atoms with Crippen molar-refractivity contribution in [3.8, 4) is 0 Å². The van der Waals surface area contributed by atoms with Crippen molar-refractivity contribution in [2.45, 2.75) is 117 Å². The van der Waals surface area contributed by atoms with E-state index in [-0.39, 0.29) is 12.6 Å². The molecule has 0 fully saturated rings. The van der Waals surface area contributed by atoms with Gasteiger partial charge in [0, 0.05) is 0 Å². The summed E-state index contributed by atoms with van der Waals surface area (Å²) in [5, 5.41) is 0. The Balaban J connectivity index is 3.24. The fourth-order valence-corrected chi connectivity index (χ4v) is 3.32. The molecule has 3 heteroatoms. The molecule has 0 saturated carbocycles. The highest BCUT2D eigenvalue weighted by Crippen LogP contribution is 2.13. The van der Waals surface area contributed by atoms with E-state index in [0.717, 1.165) is 18.4 Å². The number of hydrogen-bond acceptors (Lipinski definition) is 3. The summed E-state index contributed by atoms with van der Waals surface area (Å²) < 4.78 is 10.6. The normalized spacial score (nSPS) is 10.8. The first kappa shape index (κ1) is 27.9. The van der Waals surface area contributed by atoms with Gasteiger partial charge in [-0.2, -0.15) is 0 Å². The van der Waals surface area contributed by atoms with Crippen LogP contribution in [-0.4, -0.2) is 25.8 Å². The summed E-state index contributed by atoms with van der Waals surface area (Å²) in [6, 6.07) is 0. The molecule has 0 aromatic carbocycles. The van der Waals surface area contributed by atoms with E-state index >= 15 is 0 Å². The molecule has 0 aliphatic rings. The molecule has 29 heavy (non-hydrogen) atoms. The highest BCUT2D eigenvalue weighted by Gasteiger charge is 2.08. The van der Waals surface area contributed by atoms with E-state index in [2.05, 4.69) is 20.1 Å². The molecule has 0 radical (unpaired) electrons. The number of hydrogen-bond donors (Lipinski definition) is 0. The lowest BCUT2D eigenvalue weighted by molar-refractivity contribution is -0.139. The van der Waals surface area contributed by atoms with Crippen LogP contribution < -0.4 is 0 Å². The zero-order valence-corrected chi connectivity index (χ0v) is 19.6. The summed E-state index contributed by atoms with van der Waals surface area (Å²) in [5.74, 6) is -0.340. The third-order valence-corrected chi connectivity index (χ3v) is 5.14. The van der Waals surface area contributed by atoms with Crippen LogP contribution in [-0.2, 0) is 14.3 Å². The summed E-state index contributed by atoms with van der Waals surface area (Å²) in [4.78, 5) is 11.8. The molecule has 3 nitrogen and oxygen atoms in total. The molecular formula is C26H48O3. The van der Waals surface area contributed by atoms with Crippen LogP contribution >= 0.6 is 0 Å². The predicted octanol–water partition coefficient (Wildman–Crippen LogP) is 7.94. The van der Waals surface area contributed by atoms with E-state index < -0.39 is 0 Å². The molecule has 0 spiro atoms. The molecule has 0 unspecified atom stereocenters. The van der Waals surface area contributed by atoms with Crippen LogP contribution in [0.1, 0.15) is 117 Å². The van der Waals surface area contributed by atoms with Crippen LogP contribution in [0.5, 0.6) is 0 Å². The third kappa shape index (κ3) is 21.4. The summed E-state index contributed by atoms with van der Waals surface area (Å²) in [5.41, 5.74) is 1.31. The van der Waals surface area contributed by atoms with Crippen LogP contribution in [0, 0.1) is 0 Å². The van der Waals surface area contributed by atoms with E-state index in [0.29, 0.717) is 18.8 Å². The van der Waals surface area contributed by atoms with Crippen LogP contribution in [0.3, 0.4) is 0 Å². The number of esters is 1. The zero-order chi connectivity index (χ0) is 21.6. The van der Waals surface area contributed by atoms with Crippen molar-refractivity contribution in [3.05, 3.63) is 24.3 Å². The Hall–Kier alpha value is -1.09. The molecule has 0 aliphatic heterocycles. The largest absolute Gasteiger partial charge is 0.462 e. The molecule has 170 valence electrons. The second kappa shape index (κ2) is 21.6. The number of unbranched alkanes of at least 4 members (excludes halogenated alkanes) is 15. The van der Waals surface area contributed by atoms with Crippen LogP contribution in [0.2, 0.25) is 0 Å². The molecule has 0 aliphatic carbocycles. The van der Waals surface area contributed by atoms with Crippen molar-refractivity contribution in [3.63, 3.8) is 0 Å². The third-order valence-electron chi connectivity index (χ3n) is 5.14. The summed E-state index contributed by atoms with van der Waals surface area (Å²) >= 11 is 0. The van der Waals surface area contributed by atoms with Crippen LogP contribution in [0.4, 0.5) is 0 Å². The van der Waals surface area contributed by atoms with Gasteiger partial charge >= 0.3 is 5.97 Å². The summed E-state index contributed by atoms with van der Waals surface area (Å²) in [6.07, 6.45) is 21.4. The van der Waals surface area contributed by atoms with Gasteiger partial charge in [-0.3, -0.25) is 0 Å². The molecule has 0 bridgehead atoms. The van der Waals surface area contributed by atoms with E-state index in [1.165, 1.54) is 89.9 Å². The van der Waals surface area contributed by atoms with Gasteiger partial charge in [0.25, 0.3) is 0 Å². The lowest BCUT2D eigenvalue weighted by Gasteiger charge is -2.08. The minimum atomic E-state index is -0.340. The minimum absolute atomic E-state index is 0.213. The monoisotopic (exact) mass is 408 g/mol. The maximum Gasteiger partial charge on any atom is 0.335 e. The zero-order valence-electron chi connectivity index (χ0n) is 19.6. The Morgan fingerprint density at radius 2 is 1.07 bits per heavy atom. The Kier molecular flexibility index (Phi) is 20.8. The van der Waals surface area contributed by atoms with Crippen molar-refractivity contribution in [1.82, 2.24) is 0 Å². The molecule has 0 saturated heterocycles. The van der Waals surface area contributed by atoms with E-state index in [9.17, 15) is 4.79 Å². The van der Waals surface area contributed by atoms with Gasteiger partial charge in [0.05, 0.1) is 25.4 Å². The molecule has 0 aromatic heterocycles. The van der Waals surface area contributed by atoms with Crippen molar-refractivity contribution in [2.24, 2.45) is 0 Å². The highest BCUT2D eigenvalue weighted by molar-refractivity contribution is 5.87. The smallest absolute Gasteiger partial charge is 0.335 e. The quantitative estimate of drug-likeness (QED) is 0.0789. The molecule has 0 atom stereocenters. The standard InChI is InChI=1S/C26H48O3/c1-5-6-7-8-9-10-11-12-13-14-15-16-17-18-19-20-21-29-26(27)25(4)23-28-22-24(2)3/h2,4-23H2,1,3H3. The maximum atomic E-state index is 11.8. The van der Waals surface area contributed by atoms with Gasteiger partial charge in [-0.15, -0.1) is 0 Å². The fourth-order valence-electron chi connectivity index (χ4n) is 3.32.